The Kier molecular flexibility index (Phi) is 7.19. The molecular formula is C23H35N3O5S. The van der Waals surface area contributed by atoms with Crippen molar-refractivity contribution in [3.05, 3.63) is 29.3 Å². The number of carbonyl (C=O) groups excluding carboxylic acids is 2. The van der Waals surface area contributed by atoms with Crippen LogP contribution in [0.25, 0.3) is 0 Å². The van der Waals surface area contributed by atoms with Gasteiger partial charge in [-0.3, -0.25) is 4.79 Å². The summed E-state index contributed by atoms with van der Waals surface area (Å²) >= 11 is 0. The molecule has 9 heteroatoms. The predicted molar refractivity (Wildman–Crippen MR) is 122 cm³/mol. The molecule has 0 aromatic heterocycles. The third-order valence-corrected chi connectivity index (χ3v) is 8.05. The Labute approximate surface area is 191 Å². The molecule has 0 unspecified atom stereocenters. The van der Waals surface area contributed by atoms with Crippen LogP contribution in [0.1, 0.15) is 44.7 Å². The number of piperidine rings is 1. The topological polar surface area (TPSA) is 87.2 Å². The van der Waals surface area contributed by atoms with Crippen LogP contribution in [0.4, 0.5) is 4.79 Å². The first-order chi connectivity index (χ1) is 14.9. The summed E-state index contributed by atoms with van der Waals surface area (Å²) in [4.78, 5) is 29.0. The summed E-state index contributed by atoms with van der Waals surface area (Å²) in [6.45, 7) is 11.5. The number of rotatable bonds is 3. The van der Waals surface area contributed by atoms with Crippen molar-refractivity contribution in [2.45, 2.75) is 58.0 Å². The molecular weight excluding hydrogens is 430 g/mol. The second-order valence-electron chi connectivity index (χ2n) is 9.74. The molecule has 1 aromatic carbocycles. The van der Waals surface area contributed by atoms with Gasteiger partial charge in [0.2, 0.25) is 15.9 Å². The maximum Gasteiger partial charge on any atom is 0.410 e. The maximum absolute atomic E-state index is 13.1. The molecule has 0 atom stereocenters. The highest BCUT2D eigenvalue weighted by Crippen LogP contribution is 2.25. The lowest BCUT2D eigenvalue weighted by Crippen LogP contribution is -2.53. The number of piperazine rings is 1. The average molecular weight is 466 g/mol. The monoisotopic (exact) mass is 465 g/mol. The Bertz CT molecular complexity index is 954. The van der Waals surface area contributed by atoms with Gasteiger partial charge in [0.1, 0.15) is 5.60 Å². The molecule has 2 amide bonds. The molecule has 0 radical (unpaired) electrons. The van der Waals surface area contributed by atoms with Gasteiger partial charge in [-0.1, -0.05) is 12.1 Å². The molecule has 3 rings (SSSR count). The molecule has 32 heavy (non-hydrogen) atoms. The highest BCUT2D eigenvalue weighted by atomic mass is 32.2. The minimum atomic E-state index is -3.58. The molecule has 2 aliphatic rings. The van der Waals surface area contributed by atoms with Crippen LogP contribution in [0.15, 0.2) is 23.1 Å². The van der Waals surface area contributed by atoms with Gasteiger partial charge in [0.15, 0.2) is 0 Å². The van der Waals surface area contributed by atoms with Crippen molar-refractivity contribution < 1.29 is 22.7 Å². The third kappa shape index (κ3) is 5.61. The second kappa shape index (κ2) is 9.39. The van der Waals surface area contributed by atoms with Gasteiger partial charge in [0.25, 0.3) is 0 Å². The summed E-state index contributed by atoms with van der Waals surface area (Å²) in [5.74, 6) is -0.0894. The van der Waals surface area contributed by atoms with E-state index in [1.54, 1.807) is 22.8 Å². The number of benzene rings is 1. The molecule has 0 aliphatic carbocycles. The second-order valence-corrected chi connectivity index (χ2v) is 11.6. The number of carbonyl (C=O) groups is 2. The Balaban J connectivity index is 1.54. The van der Waals surface area contributed by atoms with Crippen LogP contribution >= 0.6 is 0 Å². The molecule has 1 aromatic rings. The van der Waals surface area contributed by atoms with Crippen LogP contribution < -0.4 is 0 Å². The molecule has 0 bridgehead atoms. The van der Waals surface area contributed by atoms with Crippen LogP contribution in [0.3, 0.4) is 0 Å². The number of ether oxygens (including phenoxy) is 1. The zero-order valence-electron chi connectivity index (χ0n) is 19.8. The van der Waals surface area contributed by atoms with Crippen molar-refractivity contribution >= 4 is 22.0 Å². The standard InChI is InChI=1S/C23H35N3O5S/c1-17-6-7-18(2)20(16-17)32(29,30)26-14-12-24(13-15-26)21(27)19-8-10-25(11-9-19)22(28)31-23(3,4)5/h6-7,16,19H,8-15H2,1-5H3. The quantitative estimate of drug-likeness (QED) is 0.685. The van der Waals surface area contributed by atoms with E-state index in [-0.39, 0.29) is 31.0 Å². The molecule has 0 spiro atoms. The summed E-state index contributed by atoms with van der Waals surface area (Å²) in [6.07, 6.45) is 0.853. The van der Waals surface area contributed by atoms with Crippen LogP contribution in [-0.2, 0) is 19.6 Å². The average Bonchev–Trinajstić information content (AvgIpc) is 2.74. The van der Waals surface area contributed by atoms with Crippen molar-refractivity contribution in [3.63, 3.8) is 0 Å². The highest BCUT2D eigenvalue weighted by Gasteiger charge is 2.35. The smallest absolute Gasteiger partial charge is 0.410 e. The third-order valence-electron chi connectivity index (χ3n) is 6.01. The van der Waals surface area contributed by atoms with Gasteiger partial charge >= 0.3 is 6.09 Å². The molecule has 0 saturated carbocycles. The highest BCUT2D eigenvalue weighted by molar-refractivity contribution is 7.89. The Morgan fingerprint density at radius 3 is 2.09 bits per heavy atom. The maximum atomic E-state index is 13.1. The molecule has 178 valence electrons. The molecule has 8 nitrogen and oxygen atoms in total. The van der Waals surface area contributed by atoms with Crippen molar-refractivity contribution in [1.82, 2.24) is 14.1 Å². The fourth-order valence-corrected chi connectivity index (χ4v) is 5.90. The van der Waals surface area contributed by atoms with E-state index in [0.29, 0.717) is 43.9 Å². The molecule has 0 N–H and O–H groups in total. The fraction of sp³-hybridized carbons (Fsp3) is 0.652. The number of amides is 2. The van der Waals surface area contributed by atoms with Gasteiger partial charge in [-0.25, -0.2) is 13.2 Å². The normalized spacial score (nSPS) is 19.2. The van der Waals surface area contributed by atoms with E-state index in [1.165, 1.54) is 4.31 Å². The van der Waals surface area contributed by atoms with Gasteiger partial charge in [-0.15, -0.1) is 0 Å². The lowest BCUT2D eigenvalue weighted by molar-refractivity contribution is -0.138. The molecule has 2 saturated heterocycles. The fourth-order valence-electron chi connectivity index (χ4n) is 4.17. The molecule has 2 heterocycles. The van der Waals surface area contributed by atoms with E-state index in [2.05, 4.69) is 0 Å². The van der Waals surface area contributed by atoms with Crippen LogP contribution in [0, 0.1) is 19.8 Å². The summed E-state index contributed by atoms with van der Waals surface area (Å²) in [7, 11) is -3.58. The van der Waals surface area contributed by atoms with Crippen molar-refractivity contribution in [2.75, 3.05) is 39.3 Å². The first-order valence-electron chi connectivity index (χ1n) is 11.2. The summed E-state index contributed by atoms with van der Waals surface area (Å²) in [6, 6.07) is 5.44. The van der Waals surface area contributed by atoms with Gasteiger partial charge in [0.05, 0.1) is 4.90 Å². The zero-order chi connectivity index (χ0) is 23.7. The predicted octanol–water partition coefficient (Wildman–Crippen LogP) is 2.78. The molecule has 2 fully saturated rings. The minimum absolute atomic E-state index is 0.0534. The Hall–Kier alpha value is -2.13. The summed E-state index contributed by atoms with van der Waals surface area (Å²) in [5, 5.41) is 0. The van der Waals surface area contributed by atoms with Gasteiger partial charge in [-0.2, -0.15) is 4.31 Å². The number of hydrogen-bond acceptors (Lipinski definition) is 5. The van der Waals surface area contributed by atoms with Crippen LogP contribution in [-0.4, -0.2) is 79.4 Å². The van der Waals surface area contributed by atoms with E-state index in [1.807, 2.05) is 39.8 Å². The van der Waals surface area contributed by atoms with Crippen molar-refractivity contribution in [2.24, 2.45) is 5.92 Å². The van der Waals surface area contributed by atoms with E-state index in [0.717, 1.165) is 11.1 Å². The lowest BCUT2D eigenvalue weighted by Gasteiger charge is -2.38. The van der Waals surface area contributed by atoms with E-state index in [9.17, 15) is 18.0 Å². The van der Waals surface area contributed by atoms with Crippen LogP contribution in [0.2, 0.25) is 0 Å². The zero-order valence-corrected chi connectivity index (χ0v) is 20.6. The number of likely N-dealkylation sites (tertiary alicyclic amines) is 1. The van der Waals surface area contributed by atoms with E-state index >= 15 is 0 Å². The largest absolute Gasteiger partial charge is 0.444 e. The number of sulfonamides is 1. The summed E-state index contributed by atoms with van der Waals surface area (Å²) in [5.41, 5.74) is 1.09. The number of nitrogens with zero attached hydrogens (tertiary/aromatic N) is 3. The Morgan fingerprint density at radius 1 is 0.938 bits per heavy atom. The van der Waals surface area contributed by atoms with Crippen LogP contribution in [0.5, 0.6) is 0 Å². The van der Waals surface area contributed by atoms with E-state index in [4.69, 9.17) is 4.74 Å². The first-order valence-corrected chi connectivity index (χ1v) is 12.7. The lowest BCUT2D eigenvalue weighted by atomic mass is 9.95. The minimum Gasteiger partial charge on any atom is -0.444 e. The van der Waals surface area contributed by atoms with Crippen molar-refractivity contribution in [3.8, 4) is 0 Å². The SMILES string of the molecule is Cc1ccc(C)c(S(=O)(=O)N2CCN(C(=O)C3CCN(C(=O)OC(C)(C)C)CC3)CC2)c1. The number of aryl methyl sites for hydroxylation is 2. The van der Waals surface area contributed by atoms with Gasteiger partial charge in [-0.05, 0) is 64.7 Å². The van der Waals surface area contributed by atoms with Crippen molar-refractivity contribution in [1.29, 1.82) is 0 Å². The molecule has 2 aliphatic heterocycles. The van der Waals surface area contributed by atoms with Gasteiger partial charge in [0, 0.05) is 45.2 Å². The number of hydrogen-bond donors (Lipinski definition) is 0. The van der Waals surface area contributed by atoms with E-state index < -0.39 is 15.6 Å². The Morgan fingerprint density at radius 2 is 1.53 bits per heavy atom. The summed E-state index contributed by atoms with van der Waals surface area (Å²) < 4.78 is 33.1. The van der Waals surface area contributed by atoms with Gasteiger partial charge < -0.3 is 14.5 Å². The first kappa shape index (κ1) is 24.5.